The monoisotopic (exact) mass is 339 g/mol. The molecule has 1 aromatic carbocycles. The topological polar surface area (TPSA) is 78.5 Å². The highest BCUT2D eigenvalue weighted by molar-refractivity contribution is 7.88. The van der Waals surface area contributed by atoms with E-state index in [-0.39, 0.29) is 12.5 Å². The molecular weight excluding hydrogens is 314 g/mol. The second kappa shape index (κ2) is 7.79. The second-order valence-corrected chi connectivity index (χ2v) is 8.21. The predicted octanol–water partition coefficient (Wildman–Crippen LogP) is 2.26. The molecule has 0 radical (unpaired) electrons. The normalized spacial score (nSPS) is 16.3. The number of rotatable bonds is 6. The summed E-state index contributed by atoms with van der Waals surface area (Å²) in [5, 5.41) is 6.22. The molecule has 0 unspecified atom stereocenters. The maximum Gasteiger partial charge on any atom is 0.239 e. The maximum atomic E-state index is 11.8. The lowest BCUT2D eigenvalue weighted by Crippen LogP contribution is -2.34. The van der Waals surface area contributed by atoms with E-state index in [0.29, 0.717) is 11.7 Å². The van der Waals surface area contributed by atoms with Crippen molar-refractivity contribution in [2.24, 2.45) is 0 Å². The minimum atomic E-state index is -3.35. The van der Waals surface area contributed by atoms with Crippen LogP contribution in [0.25, 0.3) is 0 Å². The van der Waals surface area contributed by atoms with Gasteiger partial charge in [0.1, 0.15) is 0 Å². The maximum absolute atomic E-state index is 11.8. The van der Waals surface area contributed by atoms with Crippen LogP contribution in [0.5, 0.6) is 0 Å². The van der Waals surface area contributed by atoms with E-state index in [0.717, 1.165) is 16.2 Å². The number of anilines is 2. The Labute approximate surface area is 138 Å². The molecule has 1 aliphatic rings. The van der Waals surface area contributed by atoms with Gasteiger partial charge in [0.15, 0.2) is 0 Å². The zero-order valence-corrected chi connectivity index (χ0v) is 14.5. The average molecular weight is 339 g/mol. The Morgan fingerprint density at radius 2 is 1.70 bits per heavy atom. The Hall–Kier alpha value is -1.60. The van der Waals surface area contributed by atoms with Gasteiger partial charge in [-0.25, -0.2) is 8.42 Å². The van der Waals surface area contributed by atoms with E-state index in [4.69, 9.17) is 0 Å². The number of carbonyl (C=O) groups is 1. The lowest BCUT2D eigenvalue weighted by Gasteiger charge is -2.24. The molecule has 1 fully saturated rings. The summed E-state index contributed by atoms with van der Waals surface area (Å²) in [6.07, 6.45) is 7.36. The van der Waals surface area contributed by atoms with Crippen molar-refractivity contribution in [2.45, 2.75) is 38.1 Å². The van der Waals surface area contributed by atoms with Crippen LogP contribution in [0, 0.1) is 0 Å². The number of sulfonamides is 1. The van der Waals surface area contributed by atoms with Crippen molar-refractivity contribution >= 4 is 27.3 Å². The van der Waals surface area contributed by atoms with Crippen LogP contribution >= 0.6 is 0 Å². The number of hydrogen-bond donors (Lipinski definition) is 2. The molecule has 0 bridgehead atoms. The summed E-state index contributed by atoms with van der Waals surface area (Å²) >= 11 is 0. The van der Waals surface area contributed by atoms with Crippen molar-refractivity contribution in [1.82, 2.24) is 4.31 Å². The van der Waals surface area contributed by atoms with Gasteiger partial charge in [-0.15, -0.1) is 0 Å². The fourth-order valence-corrected chi connectivity index (χ4v) is 3.00. The van der Waals surface area contributed by atoms with Crippen molar-refractivity contribution in [3.05, 3.63) is 24.3 Å². The van der Waals surface area contributed by atoms with Gasteiger partial charge in [0, 0.05) is 24.5 Å². The average Bonchev–Trinajstić information content (AvgIpc) is 2.49. The first-order chi connectivity index (χ1) is 10.8. The van der Waals surface area contributed by atoms with Gasteiger partial charge < -0.3 is 10.6 Å². The molecule has 1 amide bonds. The Kier molecular flexibility index (Phi) is 6.01. The van der Waals surface area contributed by atoms with Gasteiger partial charge in [-0.1, -0.05) is 19.3 Å². The molecular formula is C16H25N3O3S. The Morgan fingerprint density at radius 3 is 2.26 bits per heavy atom. The van der Waals surface area contributed by atoms with E-state index < -0.39 is 10.0 Å². The first kappa shape index (κ1) is 17.7. The summed E-state index contributed by atoms with van der Waals surface area (Å²) in [6, 6.07) is 8.05. The van der Waals surface area contributed by atoms with E-state index in [2.05, 4.69) is 10.6 Å². The number of benzene rings is 1. The molecule has 0 aliphatic heterocycles. The first-order valence-electron chi connectivity index (χ1n) is 7.92. The van der Waals surface area contributed by atoms with Crippen LogP contribution < -0.4 is 10.6 Å². The fraction of sp³-hybridized carbons (Fsp3) is 0.562. The summed E-state index contributed by atoms with van der Waals surface area (Å²) in [5.74, 6) is -0.356. The zero-order chi connectivity index (χ0) is 16.9. The summed E-state index contributed by atoms with van der Waals surface area (Å²) in [5.41, 5.74) is 1.70. The molecule has 0 heterocycles. The van der Waals surface area contributed by atoms with Crippen LogP contribution in [0.3, 0.4) is 0 Å². The molecule has 2 N–H and O–H groups in total. The molecule has 0 saturated heterocycles. The number of amides is 1. The number of nitrogens with one attached hydrogen (secondary N) is 2. The van der Waals surface area contributed by atoms with Crippen molar-refractivity contribution in [1.29, 1.82) is 0 Å². The molecule has 0 atom stereocenters. The largest absolute Gasteiger partial charge is 0.382 e. The summed E-state index contributed by atoms with van der Waals surface area (Å²) in [4.78, 5) is 11.8. The molecule has 1 saturated carbocycles. The highest BCUT2D eigenvalue weighted by Gasteiger charge is 2.15. The van der Waals surface area contributed by atoms with Gasteiger partial charge >= 0.3 is 0 Å². The highest BCUT2D eigenvalue weighted by atomic mass is 32.2. The molecule has 1 aliphatic carbocycles. The third-order valence-corrected chi connectivity index (χ3v) is 5.34. The van der Waals surface area contributed by atoms with Crippen molar-refractivity contribution < 1.29 is 13.2 Å². The number of likely N-dealkylation sites (N-methyl/N-ethyl adjacent to an activating group) is 1. The molecule has 0 aromatic heterocycles. The zero-order valence-electron chi connectivity index (χ0n) is 13.7. The molecule has 2 rings (SSSR count). The van der Waals surface area contributed by atoms with E-state index in [1.807, 2.05) is 24.3 Å². The van der Waals surface area contributed by atoms with E-state index in [1.54, 1.807) is 0 Å². The van der Waals surface area contributed by atoms with Crippen LogP contribution in [0.4, 0.5) is 11.4 Å². The van der Waals surface area contributed by atoms with Crippen LogP contribution in [0.2, 0.25) is 0 Å². The van der Waals surface area contributed by atoms with Crippen molar-refractivity contribution in [2.75, 3.05) is 30.5 Å². The number of carbonyl (C=O) groups excluding carboxylic acids is 1. The molecule has 23 heavy (non-hydrogen) atoms. The Bertz CT molecular complexity index is 622. The lowest BCUT2D eigenvalue weighted by atomic mass is 9.95. The second-order valence-electron chi connectivity index (χ2n) is 6.12. The summed E-state index contributed by atoms with van der Waals surface area (Å²) < 4.78 is 23.6. The minimum absolute atomic E-state index is 0.194. The minimum Gasteiger partial charge on any atom is -0.382 e. The van der Waals surface area contributed by atoms with Gasteiger partial charge in [-0.2, -0.15) is 4.31 Å². The number of hydrogen-bond acceptors (Lipinski definition) is 4. The van der Waals surface area contributed by atoms with Gasteiger partial charge in [0.2, 0.25) is 15.9 Å². The van der Waals surface area contributed by atoms with Crippen LogP contribution in [0.15, 0.2) is 24.3 Å². The Balaban J connectivity index is 1.85. The standard InChI is InChI=1S/C16H25N3O3S/c1-19(23(2,21)22)12-16(20)18-15-10-8-14(9-11-15)17-13-6-4-3-5-7-13/h8-11,13,17H,3-7,12H2,1-2H3,(H,18,20). The van der Waals surface area contributed by atoms with Gasteiger partial charge in [-0.05, 0) is 37.1 Å². The van der Waals surface area contributed by atoms with Gasteiger partial charge in [-0.3, -0.25) is 4.79 Å². The smallest absolute Gasteiger partial charge is 0.239 e. The predicted molar refractivity (Wildman–Crippen MR) is 93.0 cm³/mol. The third-order valence-electron chi connectivity index (χ3n) is 4.08. The van der Waals surface area contributed by atoms with E-state index >= 15 is 0 Å². The van der Waals surface area contributed by atoms with Crippen LogP contribution in [-0.4, -0.2) is 44.5 Å². The quantitative estimate of drug-likeness (QED) is 0.833. The molecule has 1 aromatic rings. The third kappa shape index (κ3) is 5.84. The first-order valence-corrected chi connectivity index (χ1v) is 9.77. The molecule has 0 spiro atoms. The van der Waals surface area contributed by atoms with E-state index in [9.17, 15) is 13.2 Å². The molecule has 128 valence electrons. The fourth-order valence-electron chi connectivity index (χ4n) is 2.65. The van der Waals surface area contributed by atoms with Crippen LogP contribution in [-0.2, 0) is 14.8 Å². The lowest BCUT2D eigenvalue weighted by molar-refractivity contribution is -0.116. The molecule has 7 heteroatoms. The molecule has 6 nitrogen and oxygen atoms in total. The Morgan fingerprint density at radius 1 is 1.13 bits per heavy atom. The van der Waals surface area contributed by atoms with Gasteiger partial charge in [0.05, 0.1) is 12.8 Å². The summed E-state index contributed by atoms with van der Waals surface area (Å²) in [6.45, 7) is -0.194. The summed E-state index contributed by atoms with van der Waals surface area (Å²) in [7, 11) is -1.97. The van der Waals surface area contributed by atoms with Crippen LogP contribution in [0.1, 0.15) is 32.1 Å². The van der Waals surface area contributed by atoms with Gasteiger partial charge in [0.25, 0.3) is 0 Å². The highest BCUT2D eigenvalue weighted by Crippen LogP contribution is 2.22. The van der Waals surface area contributed by atoms with Crippen molar-refractivity contribution in [3.8, 4) is 0 Å². The van der Waals surface area contributed by atoms with E-state index in [1.165, 1.54) is 39.2 Å². The SMILES string of the molecule is CN(CC(=O)Nc1ccc(NC2CCCCC2)cc1)S(C)(=O)=O. The number of nitrogens with zero attached hydrogens (tertiary/aromatic N) is 1. The van der Waals surface area contributed by atoms with Crippen molar-refractivity contribution in [3.63, 3.8) is 0 Å².